The van der Waals surface area contributed by atoms with Gasteiger partial charge in [0.2, 0.25) is 0 Å². The molecule has 0 heterocycles. The Balaban J connectivity index is 0.000000354. The zero-order valence-electron chi connectivity index (χ0n) is 7.76. The van der Waals surface area contributed by atoms with E-state index in [1.165, 1.54) is 32.1 Å². The molecule has 1 aliphatic carbocycles. The first-order valence-electron chi connectivity index (χ1n) is 4.68. The number of hydrogen-bond acceptors (Lipinski definition) is 4. The molecule has 0 aromatic rings. The van der Waals surface area contributed by atoms with Crippen LogP contribution in [0.3, 0.4) is 0 Å². The summed E-state index contributed by atoms with van der Waals surface area (Å²) in [7, 11) is 0. The summed E-state index contributed by atoms with van der Waals surface area (Å²) >= 11 is 0. The average Bonchev–Trinajstić information content (AvgIpc) is 2.08. The third-order valence-electron chi connectivity index (χ3n) is 2.01. The Kier molecular flexibility index (Phi) is 8.81. The van der Waals surface area contributed by atoms with Crippen molar-refractivity contribution in [3.63, 3.8) is 0 Å². The summed E-state index contributed by atoms with van der Waals surface area (Å²) in [6.45, 7) is 0.894. The second kappa shape index (κ2) is 8.93. The molecule has 0 amide bonds. The third kappa shape index (κ3) is 6.54. The molecule has 0 unspecified atom stereocenters. The van der Waals surface area contributed by atoms with Crippen LogP contribution in [0.1, 0.15) is 32.1 Å². The van der Waals surface area contributed by atoms with Crippen molar-refractivity contribution >= 4 is 0 Å². The fourth-order valence-corrected chi connectivity index (χ4v) is 1.47. The summed E-state index contributed by atoms with van der Waals surface area (Å²) in [5.41, 5.74) is 14.6. The lowest BCUT2D eigenvalue weighted by Gasteiger charge is -2.21. The molecule has 0 bridgehead atoms. The Morgan fingerprint density at radius 2 is 1.50 bits per heavy atom. The van der Waals surface area contributed by atoms with Crippen molar-refractivity contribution in [1.29, 1.82) is 0 Å². The van der Waals surface area contributed by atoms with E-state index in [1.54, 1.807) is 0 Å². The van der Waals surface area contributed by atoms with Crippen LogP contribution in [0.5, 0.6) is 0 Å². The second-order valence-corrected chi connectivity index (χ2v) is 2.98. The molecule has 7 N–H and O–H groups in total. The predicted molar refractivity (Wildman–Crippen MR) is 52.3 cm³/mol. The molecule has 0 saturated heterocycles. The quantitative estimate of drug-likeness (QED) is 0.432. The summed E-state index contributed by atoms with van der Waals surface area (Å²) in [6, 6.07) is 0.726. The van der Waals surface area contributed by atoms with Crippen LogP contribution in [0, 0.1) is 0 Å². The van der Waals surface area contributed by atoms with Crippen LogP contribution in [0.15, 0.2) is 0 Å². The molecule has 1 aliphatic rings. The van der Waals surface area contributed by atoms with Crippen LogP contribution >= 0.6 is 0 Å². The van der Waals surface area contributed by atoms with Gasteiger partial charge in [0.15, 0.2) is 0 Å². The van der Waals surface area contributed by atoms with Gasteiger partial charge in [-0.3, -0.25) is 0 Å². The van der Waals surface area contributed by atoms with Gasteiger partial charge in [-0.15, -0.1) is 0 Å². The van der Waals surface area contributed by atoms with Crippen LogP contribution in [-0.2, 0) is 0 Å². The average molecular weight is 174 g/mol. The summed E-state index contributed by atoms with van der Waals surface area (Å²) in [5, 5.41) is 3.26. The van der Waals surface area contributed by atoms with Crippen molar-refractivity contribution in [3.05, 3.63) is 0 Å². The fraction of sp³-hybridized carbons (Fsp3) is 1.00. The van der Waals surface area contributed by atoms with Gasteiger partial charge in [-0.25, -0.2) is 0 Å². The molecule has 12 heavy (non-hydrogen) atoms. The molecule has 1 rings (SSSR count). The summed E-state index contributed by atoms with van der Waals surface area (Å²) < 4.78 is 0. The maximum absolute atomic E-state index is 5.35. The molecule has 0 aromatic heterocycles. The first-order chi connectivity index (χ1) is 5.85. The summed E-state index contributed by atoms with van der Waals surface area (Å²) in [5.74, 6) is 0. The van der Waals surface area contributed by atoms with Crippen molar-refractivity contribution in [3.8, 4) is 0 Å². The lowest BCUT2D eigenvalue weighted by atomic mass is 9.96. The highest BCUT2D eigenvalue weighted by molar-refractivity contribution is 4.70. The second-order valence-electron chi connectivity index (χ2n) is 2.98. The van der Waals surface area contributed by atoms with E-state index in [0.717, 1.165) is 6.04 Å². The zero-order chi connectivity index (χ0) is 9.23. The van der Waals surface area contributed by atoms with Crippen molar-refractivity contribution in [2.24, 2.45) is 17.2 Å². The highest BCUT2D eigenvalue weighted by atomic mass is 15.0. The largest absolute Gasteiger partial charge is 0.319 e. The van der Waals surface area contributed by atoms with E-state index in [-0.39, 0.29) is 6.67 Å². The van der Waals surface area contributed by atoms with Gasteiger partial charge in [0.25, 0.3) is 0 Å². The van der Waals surface area contributed by atoms with E-state index in [2.05, 4.69) is 16.8 Å². The van der Waals surface area contributed by atoms with Gasteiger partial charge in [0.05, 0.1) is 0 Å². The third-order valence-corrected chi connectivity index (χ3v) is 2.01. The maximum Gasteiger partial charge on any atom is 0.0430 e. The number of rotatable bonds is 2. The van der Waals surface area contributed by atoms with E-state index in [4.69, 9.17) is 5.73 Å². The lowest BCUT2D eigenvalue weighted by Crippen LogP contribution is -2.35. The number of hydrogen-bond donors (Lipinski definition) is 4. The van der Waals surface area contributed by atoms with E-state index in [9.17, 15) is 0 Å². The van der Waals surface area contributed by atoms with Gasteiger partial charge in [-0.1, -0.05) is 19.3 Å². The molecule has 4 heteroatoms. The summed E-state index contributed by atoms with van der Waals surface area (Å²) in [4.78, 5) is 0. The minimum absolute atomic E-state index is 0.250. The van der Waals surface area contributed by atoms with Crippen LogP contribution in [0.2, 0.25) is 0 Å². The monoisotopic (exact) mass is 174 g/mol. The molecule has 0 atom stereocenters. The normalized spacial score (nSPS) is 18.2. The van der Waals surface area contributed by atoms with Gasteiger partial charge in [-0.2, -0.15) is 0 Å². The van der Waals surface area contributed by atoms with Gasteiger partial charge in [0.1, 0.15) is 0 Å². The fourth-order valence-electron chi connectivity index (χ4n) is 1.47. The Morgan fingerprint density at radius 3 is 1.92 bits per heavy atom. The molecule has 1 saturated carbocycles. The van der Waals surface area contributed by atoms with E-state index in [0.29, 0.717) is 6.67 Å². The topological polar surface area (TPSA) is 90.1 Å². The summed E-state index contributed by atoms with van der Waals surface area (Å²) in [6.07, 6.45) is 6.85. The molecule has 0 spiro atoms. The Morgan fingerprint density at radius 1 is 1.00 bits per heavy atom. The smallest absolute Gasteiger partial charge is 0.0430 e. The van der Waals surface area contributed by atoms with E-state index >= 15 is 0 Å². The SMILES string of the molecule is NCN.NCNC1CCCCC1. The standard InChI is InChI=1S/C7H16N2.CH6N2/c8-6-9-7-4-2-1-3-5-7;2-1-3/h7,9H,1-6,8H2;1-3H2. The van der Waals surface area contributed by atoms with Gasteiger partial charge >= 0.3 is 0 Å². The molecule has 0 aromatic carbocycles. The van der Waals surface area contributed by atoms with Crippen molar-refractivity contribution in [2.75, 3.05) is 13.3 Å². The van der Waals surface area contributed by atoms with Crippen molar-refractivity contribution in [1.82, 2.24) is 5.32 Å². The molecule has 0 aliphatic heterocycles. The number of nitrogens with one attached hydrogen (secondary N) is 1. The molecule has 0 radical (unpaired) electrons. The zero-order valence-corrected chi connectivity index (χ0v) is 7.76. The highest BCUT2D eigenvalue weighted by Gasteiger charge is 2.10. The highest BCUT2D eigenvalue weighted by Crippen LogP contribution is 2.16. The van der Waals surface area contributed by atoms with Crippen molar-refractivity contribution in [2.45, 2.75) is 38.1 Å². The van der Waals surface area contributed by atoms with Gasteiger partial charge in [-0.05, 0) is 12.8 Å². The van der Waals surface area contributed by atoms with Crippen molar-refractivity contribution < 1.29 is 0 Å². The van der Waals surface area contributed by atoms with E-state index in [1.807, 2.05) is 0 Å². The molecule has 1 fully saturated rings. The predicted octanol–water partition coefficient (Wildman–Crippen LogP) is -0.314. The Bertz CT molecular complexity index is 78.4. The van der Waals surface area contributed by atoms with Crippen LogP contribution in [0.4, 0.5) is 0 Å². The Labute approximate surface area is 74.9 Å². The van der Waals surface area contributed by atoms with Crippen LogP contribution in [0.25, 0.3) is 0 Å². The lowest BCUT2D eigenvalue weighted by molar-refractivity contribution is 0.377. The Hall–Kier alpha value is -0.160. The molecular formula is C8H22N4. The van der Waals surface area contributed by atoms with Gasteiger partial charge in [0, 0.05) is 19.4 Å². The minimum Gasteiger partial charge on any atom is -0.319 e. The maximum atomic E-state index is 5.35. The van der Waals surface area contributed by atoms with E-state index < -0.39 is 0 Å². The molecule has 4 nitrogen and oxygen atoms in total. The molecule has 74 valence electrons. The number of nitrogens with two attached hydrogens (primary N) is 3. The van der Waals surface area contributed by atoms with Gasteiger partial charge < -0.3 is 22.5 Å². The molecular weight excluding hydrogens is 152 g/mol. The minimum atomic E-state index is 0.250. The first kappa shape index (κ1) is 11.8. The van der Waals surface area contributed by atoms with Crippen LogP contribution < -0.4 is 22.5 Å². The van der Waals surface area contributed by atoms with Crippen LogP contribution in [-0.4, -0.2) is 19.4 Å². The first-order valence-corrected chi connectivity index (χ1v) is 4.68.